The van der Waals surface area contributed by atoms with Gasteiger partial charge in [-0.1, -0.05) is 62.4 Å². The molecule has 0 bridgehead atoms. The van der Waals surface area contributed by atoms with Gasteiger partial charge in [0, 0.05) is 5.92 Å². The van der Waals surface area contributed by atoms with Gasteiger partial charge in [0.05, 0.1) is 19.6 Å². The molecule has 1 saturated carbocycles. The molecule has 1 N–H and O–H groups in total. The Labute approximate surface area is 160 Å². The lowest BCUT2D eigenvalue weighted by atomic mass is 9.73. The molecule has 0 radical (unpaired) electrons. The van der Waals surface area contributed by atoms with Gasteiger partial charge in [0.2, 0.25) is 0 Å². The summed E-state index contributed by atoms with van der Waals surface area (Å²) >= 11 is 0. The van der Waals surface area contributed by atoms with E-state index in [0.29, 0.717) is 0 Å². The zero-order valence-electron chi connectivity index (χ0n) is 16.6. The van der Waals surface area contributed by atoms with Crippen LogP contribution in [0.4, 0.5) is 0 Å². The van der Waals surface area contributed by atoms with Crippen molar-refractivity contribution >= 4 is 0 Å². The Morgan fingerprint density at radius 3 is 2.31 bits per heavy atom. The van der Waals surface area contributed by atoms with E-state index in [-0.39, 0.29) is 5.92 Å². The molecule has 2 aliphatic rings. The number of piperidine rings is 1. The second-order valence-electron chi connectivity index (χ2n) is 8.50. The Kier molecular flexibility index (Phi) is 6.79. The van der Waals surface area contributed by atoms with E-state index < -0.39 is 5.60 Å². The summed E-state index contributed by atoms with van der Waals surface area (Å²) in [5, 5.41) is 11.7. The zero-order valence-corrected chi connectivity index (χ0v) is 16.6. The fraction of sp³-hybridized carbons (Fsp3) is 0.667. The summed E-state index contributed by atoms with van der Waals surface area (Å²) in [6, 6.07) is 10.2. The van der Waals surface area contributed by atoms with Gasteiger partial charge in [-0.2, -0.15) is 0 Å². The van der Waals surface area contributed by atoms with Crippen molar-refractivity contribution in [2.45, 2.75) is 70.3 Å². The number of hydrogen-bond donors (Lipinski definition) is 1. The van der Waals surface area contributed by atoms with Crippen molar-refractivity contribution < 1.29 is 9.59 Å². The second-order valence-corrected chi connectivity index (χ2v) is 8.50. The van der Waals surface area contributed by atoms with Gasteiger partial charge >= 0.3 is 0 Å². The fourth-order valence-corrected chi connectivity index (χ4v) is 5.08. The molecule has 2 heteroatoms. The van der Waals surface area contributed by atoms with Gasteiger partial charge in [-0.3, -0.25) is 0 Å². The van der Waals surface area contributed by atoms with Crippen molar-refractivity contribution in [1.29, 1.82) is 0 Å². The van der Waals surface area contributed by atoms with Crippen LogP contribution < -0.4 is 0 Å². The maximum absolute atomic E-state index is 11.7. The van der Waals surface area contributed by atoms with Crippen LogP contribution in [0.2, 0.25) is 0 Å². The lowest BCUT2D eigenvalue weighted by Crippen LogP contribution is -2.52. The van der Waals surface area contributed by atoms with Crippen LogP contribution in [0.5, 0.6) is 0 Å². The summed E-state index contributed by atoms with van der Waals surface area (Å²) in [5.41, 5.74) is 0.00769. The number of quaternary nitrogens is 1. The molecule has 1 aromatic carbocycles. The molecule has 142 valence electrons. The first-order valence-corrected chi connectivity index (χ1v) is 10.8. The molecule has 1 atom stereocenters. The highest BCUT2D eigenvalue weighted by Crippen LogP contribution is 2.39. The van der Waals surface area contributed by atoms with Gasteiger partial charge in [-0.25, -0.2) is 0 Å². The molecular formula is C24H36NO+. The van der Waals surface area contributed by atoms with Crippen molar-refractivity contribution in [3.63, 3.8) is 0 Å². The van der Waals surface area contributed by atoms with Gasteiger partial charge < -0.3 is 9.59 Å². The third-order valence-electron chi connectivity index (χ3n) is 6.57. The van der Waals surface area contributed by atoms with Crippen molar-refractivity contribution in [2.24, 2.45) is 5.92 Å². The SMILES string of the molecule is CCC[N+]1(CC#C[C@](O)(c2ccccc2)C2CCCCC2)CCCCC1. The average molecular weight is 355 g/mol. The van der Waals surface area contributed by atoms with Crippen LogP contribution in [0.25, 0.3) is 0 Å². The molecule has 1 saturated heterocycles. The molecule has 0 amide bonds. The van der Waals surface area contributed by atoms with Gasteiger partial charge in [0.15, 0.2) is 5.60 Å². The molecule has 0 spiro atoms. The van der Waals surface area contributed by atoms with Crippen molar-refractivity contribution in [1.82, 2.24) is 0 Å². The first kappa shape index (κ1) is 19.5. The Hall–Kier alpha value is -1.30. The normalized spacial score (nSPS) is 22.8. The highest BCUT2D eigenvalue weighted by Gasteiger charge is 2.38. The van der Waals surface area contributed by atoms with E-state index in [1.54, 1.807) is 0 Å². The fourth-order valence-electron chi connectivity index (χ4n) is 5.08. The van der Waals surface area contributed by atoms with Gasteiger partial charge in [-0.05, 0) is 50.0 Å². The van der Waals surface area contributed by atoms with Gasteiger partial charge in [0.25, 0.3) is 0 Å². The van der Waals surface area contributed by atoms with Crippen LogP contribution in [-0.2, 0) is 5.60 Å². The summed E-state index contributed by atoms with van der Waals surface area (Å²) < 4.78 is 1.14. The number of rotatable bonds is 5. The summed E-state index contributed by atoms with van der Waals surface area (Å²) in [6.45, 7) is 6.92. The lowest BCUT2D eigenvalue weighted by molar-refractivity contribution is -0.926. The maximum Gasteiger partial charge on any atom is 0.153 e. The van der Waals surface area contributed by atoms with Crippen LogP contribution in [-0.4, -0.2) is 35.8 Å². The Morgan fingerprint density at radius 2 is 1.65 bits per heavy atom. The quantitative estimate of drug-likeness (QED) is 0.591. The number of aliphatic hydroxyl groups is 1. The predicted molar refractivity (Wildman–Crippen MR) is 109 cm³/mol. The summed E-state index contributed by atoms with van der Waals surface area (Å²) in [4.78, 5) is 0. The second kappa shape index (κ2) is 9.07. The van der Waals surface area contributed by atoms with Crippen LogP contribution >= 0.6 is 0 Å². The number of nitrogens with zero attached hydrogens (tertiary/aromatic N) is 1. The molecule has 2 nitrogen and oxygen atoms in total. The number of likely N-dealkylation sites (tertiary alicyclic amines) is 1. The molecular weight excluding hydrogens is 318 g/mol. The smallest absolute Gasteiger partial charge is 0.153 e. The zero-order chi connectivity index (χ0) is 18.3. The Morgan fingerprint density at radius 1 is 1.00 bits per heavy atom. The summed E-state index contributed by atoms with van der Waals surface area (Å²) in [5.74, 6) is 7.16. The Balaban J connectivity index is 1.83. The molecule has 1 heterocycles. The molecule has 1 aliphatic carbocycles. The van der Waals surface area contributed by atoms with Gasteiger partial charge in [-0.15, -0.1) is 0 Å². The van der Waals surface area contributed by atoms with Crippen molar-refractivity contribution in [3.05, 3.63) is 35.9 Å². The van der Waals surface area contributed by atoms with Crippen LogP contribution in [0.1, 0.15) is 70.3 Å². The van der Waals surface area contributed by atoms with Crippen LogP contribution in [0, 0.1) is 17.8 Å². The highest BCUT2D eigenvalue weighted by molar-refractivity contribution is 5.33. The first-order valence-electron chi connectivity index (χ1n) is 10.8. The summed E-state index contributed by atoms with van der Waals surface area (Å²) in [7, 11) is 0. The molecule has 0 unspecified atom stereocenters. The molecule has 1 aromatic rings. The van der Waals surface area contributed by atoms with E-state index >= 15 is 0 Å². The summed E-state index contributed by atoms with van der Waals surface area (Å²) in [6.07, 6.45) is 11.2. The highest BCUT2D eigenvalue weighted by atomic mass is 16.3. The molecule has 0 aromatic heterocycles. The van der Waals surface area contributed by atoms with E-state index in [1.165, 1.54) is 64.6 Å². The monoisotopic (exact) mass is 354 g/mol. The van der Waals surface area contributed by atoms with Crippen LogP contribution in [0.3, 0.4) is 0 Å². The molecule has 1 aliphatic heterocycles. The number of benzene rings is 1. The molecule has 3 rings (SSSR count). The first-order chi connectivity index (χ1) is 12.7. The standard InChI is InChI=1S/C24H36NO/c1-2-18-25(19-10-5-11-20-25)21-12-17-24(26,22-13-6-3-7-14-22)23-15-8-4-9-16-23/h3,6-7,13-14,23,26H,2,4-5,8-11,15-16,18-21H2,1H3/q+1/t24-/m0/s1. The predicted octanol–water partition coefficient (Wildman–Crippen LogP) is 4.87. The van der Waals surface area contributed by atoms with Gasteiger partial charge in [0.1, 0.15) is 6.54 Å². The largest absolute Gasteiger partial charge is 0.373 e. The minimum absolute atomic E-state index is 0.270. The minimum atomic E-state index is -0.979. The van der Waals surface area contributed by atoms with E-state index in [9.17, 15) is 5.11 Å². The number of hydrogen-bond acceptors (Lipinski definition) is 1. The van der Waals surface area contributed by atoms with Crippen LogP contribution in [0.15, 0.2) is 30.3 Å². The van der Waals surface area contributed by atoms with E-state index in [1.807, 2.05) is 18.2 Å². The molecule has 26 heavy (non-hydrogen) atoms. The van der Waals surface area contributed by atoms with E-state index in [4.69, 9.17) is 0 Å². The van der Waals surface area contributed by atoms with Crippen molar-refractivity contribution in [2.75, 3.05) is 26.2 Å². The van der Waals surface area contributed by atoms with Crippen molar-refractivity contribution in [3.8, 4) is 11.8 Å². The maximum atomic E-state index is 11.7. The third kappa shape index (κ3) is 4.51. The lowest BCUT2D eigenvalue weighted by Gasteiger charge is -2.40. The topological polar surface area (TPSA) is 20.2 Å². The third-order valence-corrected chi connectivity index (χ3v) is 6.57. The Bertz CT molecular complexity index is 597. The minimum Gasteiger partial charge on any atom is -0.373 e. The van der Waals surface area contributed by atoms with E-state index in [2.05, 4.69) is 30.9 Å². The molecule has 2 fully saturated rings. The van der Waals surface area contributed by atoms with E-state index in [0.717, 1.165) is 29.4 Å². The average Bonchev–Trinajstić information content (AvgIpc) is 2.70.